The lowest BCUT2D eigenvalue weighted by Crippen LogP contribution is -2.39. The summed E-state index contributed by atoms with van der Waals surface area (Å²) in [6, 6.07) is 5.31. The summed E-state index contributed by atoms with van der Waals surface area (Å²) in [6.07, 6.45) is 2.03. The van der Waals surface area contributed by atoms with Gasteiger partial charge in [0.15, 0.2) is 0 Å². The highest BCUT2D eigenvalue weighted by atomic mass is 35.5. The van der Waals surface area contributed by atoms with Crippen LogP contribution in [0, 0.1) is 5.92 Å². The lowest BCUT2D eigenvalue weighted by atomic mass is 10.1. The SMILES string of the molecule is COc1ccc(Cl)cc1CC(=O)N(CC(C)C(=O)O)C1CC1. The van der Waals surface area contributed by atoms with Gasteiger partial charge < -0.3 is 14.7 Å². The Morgan fingerprint density at radius 3 is 2.68 bits per heavy atom. The molecule has 120 valence electrons. The van der Waals surface area contributed by atoms with Crippen molar-refractivity contribution in [2.75, 3.05) is 13.7 Å². The number of amides is 1. The minimum Gasteiger partial charge on any atom is -0.496 e. The zero-order chi connectivity index (χ0) is 16.3. The van der Waals surface area contributed by atoms with Gasteiger partial charge in [0.05, 0.1) is 19.4 Å². The summed E-state index contributed by atoms with van der Waals surface area (Å²) in [6.45, 7) is 1.85. The molecule has 0 aromatic heterocycles. The van der Waals surface area contributed by atoms with Gasteiger partial charge in [-0.2, -0.15) is 0 Å². The largest absolute Gasteiger partial charge is 0.496 e. The fourth-order valence-electron chi connectivity index (χ4n) is 2.36. The summed E-state index contributed by atoms with van der Waals surface area (Å²) >= 11 is 5.98. The molecule has 5 nitrogen and oxygen atoms in total. The number of halogens is 1. The Morgan fingerprint density at radius 1 is 1.45 bits per heavy atom. The van der Waals surface area contributed by atoms with E-state index in [1.165, 1.54) is 0 Å². The molecule has 1 fully saturated rings. The van der Waals surface area contributed by atoms with Crippen LogP contribution in [0.1, 0.15) is 25.3 Å². The number of carbonyl (C=O) groups excluding carboxylic acids is 1. The first-order chi connectivity index (χ1) is 10.4. The highest BCUT2D eigenvalue weighted by molar-refractivity contribution is 6.30. The third-order valence-corrected chi connectivity index (χ3v) is 4.02. The van der Waals surface area contributed by atoms with Gasteiger partial charge in [-0.25, -0.2) is 0 Å². The molecule has 0 saturated heterocycles. The Morgan fingerprint density at radius 2 is 2.14 bits per heavy atom. The molecule has 1 aromatic rings. The number of nitrogens with zero attached hydrogens (tertiary/aromatic N) is 1. The Hall–Kier alpha value is -1.75. The third-order valence-electron chi connectivity index (χ3n) is 3.78. The maximum absolute atomic E-state index is 12.6. The zero-order valence-corrected chi connectivity index (χ0v) is 13.5. The monoisotopic (exact) mass is 325 g/mol. The van der Waals surface area contributed by atoms with Gasteiger partial charge in [-0.1, -0.05) is 18.5 Å². The lowest BCUT2D eigenvalue weighted by molar-refractivity contribution is -0.143. The van der Waals surface area contributed by atoms with Crippen molar-refractivity contribution in [1.29, 1.82) is 0 Å². The highest BCUT2D eigenvalue weighted by Crippen LogP contribution is 2.30. The number of carboxylic acid groups (broad SMARTS) is 1. The minimum absolute atomic E-state index is 0.0869. The van der Waals surface area contributed by atoms with Gasteiger partial charge >= 0.3 is 5.97 Å². The summed E-state index contributed by atoms with van der Waals surface area (Å²) in [7, 11) is 1.54. The number of ether oxygens (including phenoxy) is 1. The van der Waals surface area contributed by atoms with E-state index in [0.29, 0.717) is 16.3 Å². The Bertz CT molecular complexity index is 571. The van der Waals surface area contributed by atoms with Gasteiger partial charge in [0.2, 0.25) is 5.91 Å². The fraction of sp³-hybridized carbons (Fsp3) is 0.500. The van der Waals surface area contributed by atoms with Crippen molar-refractivity contribution in [1.82, 2.24) is 4.90 Å². The predicted octanol–water partition coefficient (Wildman–Crippen LogP) is 2.60. The number of hydrogen-bond acceptors (Lipinski definition) is 3. The van der Waals surface area contributed by atoms with Crippen LogP contribution in [0.5, 0.6) is 5.75 Å². The first-order valence-corrected chi connectivity index (χ1v) is 7.65. The maximum Gasteiger partial charge on any atom is 0.308 e. The summed E-state index contributed by atoms with van der Waals surface area (Å²) in [5.74, 6) is -0.944. The molecular formula is C16H20ClNO4. The van der Waals surface area contributed by atoms with Crippen LogP contribution < -0.4 is 4.74 Å². The molecule has 1 aliphatic rings. The number of benzene rings is 1. The summed E-state index contributed by atoms with van der Waals surface area (Å²) in [5.41, 5.74) is 0.716. The number of rotatable bonds is 7. The number of carboxylic acids is 1. The van der Waals surface area contributed by atoms with E-state index in [1.54, 1.807) is 37.1 Å². The van der Waals surface area contributed by atoms with Crippen LogP contribution in [-0.2, 0) is 16.0 Å². The van der Waals surface area contributed by atoms with E-state index in [1.807, 2.05) is 0 Å². The molecule has 1 aliphatic carbocycles. The van der Waals surface area contributed by atoms with Crippen LogP contribution in [0.15, 0.2) is 18.2 Å². The molecule has 1 amide bonds. The summed E-state index contributed by atoms with van der Waals surface area (Å²) < 4.78 is 5.25. The smallest absolute Gasteiger partial charge is 0.308 e. The fourth-order valence-corrected chi connectivity index (χ4v) is 2.56. The van der Waals surface area contributed by atoms with Crippen molar-refractivity contribution in [3.05, 3.63) is 28.8 Å². The average Bonchev–Trinajstić information content (AvgIpc) is 3.29. The molecule has 0 heterocycles. The molecule has 0 aliphatic heterocycles. The Balaban J connectivity index is 2.11. The van der Waals surface area contributed by atoms with Gasteiger partial charge in [-0.15, -0.1) is 0 Å². The number of aliphatic carboxylic acids is 1. The summed E-state index contributed by atoms with van der Waals surface area (Å²) in [4.78, 5) is 25.3. The van der Waals surface area contributed by atoms with Gasteiger partial charge in [0.1, 0.15) is 5.75 Å². The van der Waals surface area contributed by atoms with Crippen LogP contribution >= 0.6 is 11.6 Å². The molecule has 2 rings (SSSR count). The second kappa shape index (κ2) is 7.01. The number of carbonyl (C=O) groups is 2. The molecule has 6 heteroatoms. The molecule has 1 unspecified atom stereocenters. The van der Waals surface area contributed by atoms with E-state index in [-0.39, 0.29) is 24.9 Å². The van der Waals surface area contributed by atoms with E-state index in [4.69, 9.17) is 21.4 Å². The molecule has 0 radical (unpaired) electrons. The van der Waals surface area contributed by atoms with Crippen molar-refractivity contribution in [2.24, 2.45) is 5.92 Å². The van der Waals surface area contributed by atoms with E-state index >= 15 is 0 Å². The first-order valence-electron chi connectivity index (χ1n) is 7.27. The summed E-state index contributed by atoms with van der Waals surface area (Å²) in [5, 5.41) is 9.59. The number of methoxy groups -OCH3 is 1. The molecule has 1 N–H and O–H groups in total. The predicted molar refractivity (Wildman–Crippen MR) is 83.2 cm³/mol. The quantitative estimate of drug-likeness (QED) is 0.836. The molecule has 0 bridgehead atoms. The molecule has 22 heavy (non-hydrogen) atoms. The maximum atomic E-state index is 12.6. The van der Waals surface area contributed by atoms with Crippen molar-refractivity contribution in [3.63, 3.8) is 0 Å². The van der Waals surface area contributed by atoms with Crippen LogP contribution in [0.3, 0.4) is 0 Å². The second-order valence-electron chi connectivity index (χ2n) is 5.65. The van der Waals surface area contributed by atoms with Gasteiger partial charge in [-0.3, -0.25) is 9.59 Å². The molecule has 0 spiro atoms. The highest BCUT2D eigenvalue weighted by Gasteiger charge is 2.34. The van der Waals surface area contributed by atoms with Crippen LogP contribution in [-0.4, -0.2) is 41.6 Å². The molecule has 1 aromatic carbocycles. The van der Waals surface area contributed by atoms with Crippen LogP contribution in [0.2, 0.25) is 5.02 Å². The Labute approximate surface area is 134 Å². The van der Waals surface area contributed by atoms with E-state index in [9.17, 15) is 9.59 Å². The first kappa shape index (κ1) is 16.6. The normalized spacial score (nSPS) is 15.2. The van der Waals surface area contributed by atoms with Gasteiger partial charge in [-0.05, 0) is 31.0 Å². The van der Waals surface area contributed by atoms with E-state index in [0.717, 1.165) is 12.8 Å². The van der Waals surface area contributed by atoms with Gasteiger partial charge in [0.25, 0.3) is 0 Å². The van der Waals surface area contributed by atoms with Crippen molar-refractivity contribution in [2.45, 2.75) is 32.2 Å². The van der Waals surface area contributed by atoms with E-state index in [2.05, 4.69) is 0 Å². The number of hydrogen-bond donors (Lipinski definition) is 1. The Kier molecular flexibility index (Phi) is 5.29. The molecule has 1 saturated carbocycles. The lowest BCUT2D eigenvalue weighted by Gasteiger charge is -2.25. The zero-order valence-electron chi connectivity index (χ0n) is 12.7. The third kappa shape index (κ3) is 4.13. The standard InChI is InChI=1S/C16H20ClNO4/c1-10(16(20)21)9-18(13-4-5-13)15(19)8-11-7-12(17)3-6-14(11)22-2/h3,6-7,10,13H,4-5,8-9H2,1-2H3,(H,20,21). The molecular weight excluding hydrogens is 306 g/mol. The average molecular weight is 326 g/mol. The topological polar surface area (TPSA) is 66.8 Å². The van der Waals surface area contributed by atoms with E-state index < -0.39 is 11.9 Å². The van der Waals surface area contributed by atoms with Crippen LogP contribution in [0.25, 0.3) is 0 Å². The van der Waals surface area contributed by atoms with Crippen LogP contribution in [0.4, 0.5) is 0 Å². The molecule has 1 atom stereocenters. The second-order valence-corrected chi connectivity index (χ2v) is 6.09. The van der Waals surface area contributed by atoms with Crippen molar-refractivity contribution in [3.8, 4) is 5.75 Å². The van der Waals surface area contributed by atoms with Gasteiger partial charge in [0, 0.05) is 23.2 Å². The van der Waals surface area contributed by atoms with Crippen molar-refractivity contribution < 1.29 is 19.4 Å². The minimum atomic E-state index is -0.890. The van der Waals surface area contributed by atoms with Crippen molar-refractivity contribution >= 4 is 23.5 Å².